The van der Waals surface area contributed by atoms with Crippen LogP contribution in [0.2, 0.25) is 0 Å². The molecule has 4 heteroatoms. The minimum absolute atomic E-state index is 0.721. The first kappa shape index (κ1) is 15.3. The quantitative estimate of drug-likeness (QED) is 0.734. The Labute approximate surface area is 122 Å². The Morgan fingerprint density at radius 1 is 1.10 bits per heavy atom. The maximum atomic E-state index is 5.73. The molecule has 4 nitrogen and oxygen atoms in total. The third kappa shape index (κ3) is 5.49. The first-order chi connectivity index (χ1) is 9.86. The molecule has 1 saturated heterocycles. The lowest BCUT2D eigenvalue weighted by Gasteiger charge is -2.26. The fourth-order valence-corrected chi connectivity index (χ4v) is 2.29. The maximum absolute atomic E-state index is 5.73. The van der Waals surface area contributed by atoms with Gasteiger partial charge >= 0.3 is 0 Å². The van der Waals surface area contributed by atoms with Crippen LogP contribution in [0.5, 0.6) is 5.75 Å². The van der Waals surface area contributed by atoms with Crippen LogP contribution in [0.25, 0.3) is 0 Å². The van der Waals surface area contributed by atoms with E-state index in [1.165, 1.54) is 5.56 Å². The Hall–Kier alpha value is -1.10. The second-order valence-corrected chi connectivity index (χ2v) is 5.17. The van der Waals surface area contributed by atoms with Gasteiger partial charge in [-0.3, -0.25) is 4.90 Å². The first-order valence-electron chi connectivity index (χ1n) is 7.55. The van der Waals surface area contributed by atoms with Crippen molar-refractivity contribution in [1.29, 1.82) is 0 Å². The smallest absolute Gasteiger partial charge is 0.122 e. The van der Waals surface area contributed by atoms with Crippen molar-refractivity contribution in [3.8, 4) is 5.75 Å². The summed E-state index contributed by atoms with van der Waals surface area (Å²) in [5, 5.41) is 3.35. The highest BCUT2D eigenvalue weighted by atomic mass is 16.5. The summed E-state index contributed by atoms with van der Waals surface area (Å²) in [7, 11) is 0. The predicted molar refractivity (Wildman–Crippen MR) is 81.4 cm³/mol. The molecular weight excluding hydrogens is 252 g/mol. The second-order valence-electron chi connectivity index (χ2n) is 5.17. The molecule has 0 amide bonds. The van der Waals surface area contributed by atoms with Crippen LogP contribution in [0.15, 0.2) is 24.3 Å². The lowest BCUT2D eigenvalue weighted by Crippen LogP contribution is -2.44. The standard InChI is InChI=1S/C16H26N2O2/c1-15-5-2-3-6-16(15)20-13-4-12-19-14-11-18-9-7-17-8-10-18/h2-3,5-6,17H,4,7-14H2,1H3. The summed E-state index contributed by atoms with van der Waals surface area (Å²) >= 11 is 0. The summed E-state index contributed by atoms with van der Waals surface area (Å²) in [5.41, 5.74) is 1.19. The zero-order valence-corrected chi connectivity index (χ0v) is 12.4. The molecule has 112 valence electrons. The van der Waals surface area contributed by atoms with E-state index in [0.29, 0.717) is 0 Å². The van der Waals surface area contributed by atoms with Crippen molar-refractivity contribution in [3.63, 3.8) is 0 Å². The molecule has 0 aliphatic carbocycles. The van der Waals surface area contributed by atoms with E-state index in [1.807, 2.05) is 18.2 Å². The van der Waals surface area contributed by atoms with Gasteiger partial charge < -0.3 is 14.8 Å². The lowest BCUT2D eigenvalue weighted by atomic mass is 10.2. The molecule has 0 saturated carbocycles. The summed E-state index contributed by atoms with van der Waals surface area (Å²) in [5.74, 6) is 0.980. The van der Waals surface area contributed by atoms with Crippen molar-refractivity contribution < 1.29 is 9.47 Å². The zero-order valence-electron chi connectivity index (χ0n) is 12.4. The fraction of sp³-hybridized carbons (Fsp3) is 0.625. The van der Waals surface area contributed by atoms with E-state index in [9.17, 15) is 0 Å². The predicted octanol–water partition coefficient (Wildman–Crippen LogP) is 1.69. The van der Waals surface area contributed by atoms with Gasteiger partial charge in [0.1, 0.15) is 5.75 Å². The topological polar surface area (TPSA) is 33.7 Å². The molecule has 0 unspecified atom stereocenters. The number of hydrogen-bond donors (Lipinski definition) is 1. The molecule has 1 aliphatic rings. The first-order valence-corrected chi connectivity index (χ1v) is 7.55. The molecule has 0 atom stereocenters. The van der Waals surface area contributed by atoms with Crippen molar-refractivity contribution in [1.82, 2.24) is 10.2 Å². The summed E-state index contributed by atoms with van der Waals surface area (Å²) in [6, 6.07) is 8.12. The Morgan fingerprint density at radius 2 is 1.90 bits per heavy atom. The van der Waals surface area contributed by atoms with Gasteiger partial charge in [-0.15, -0.1) is 0 Å². The number of ether oxygens (including phenoxy) is 2. The molecule has 1 aromatic rings. The summed E-state index contributed by atoms with van der Waals surface area (Å²) in [6.45, 7) is 9.91. The van der Waals surface area contributed by atoms with E-state index in [0.717, 1.165) is 64.7 Å². The van der Waals surface area contributed by atoms with Crippen molar-refractivity contribution in [3.05, 3.63) is 29.8 Å². The van der Waals surface area contributed by atoms with E-state index in [-0.39, 0.29) is 0 Å². The fourth-order valence-electron chi connectivity index (χ4n) is 2.29. The van der Waals surface area contributed by atoms with Gasteiger partial charge in [-0.05, 0) is 18.6 Å². The number of piperazine rings is 1. The second kappa shape index (κ2) is 8.95. The third-order valence-corrected chi connectivity index (χ3v) is 3.55. The monoisotopic (exact) mass is 278 g/mol. The highest BCUT2D eigenvalue weighted by Gasteiger charge is 2.08. The van der Waals surface area contributed by atoms with Gasteiger partial charge in [0.05, 0.1) is 13.2 Å². The molecule has 1 fully saturated rings. The van der Waals surface area contributed by atoms with Gasteiger partial charge in [-0.25, -0.2) is 0 Å². The van der Waals surface area contributed by atoms with Crippen molar-refractivity contribution >= 4 is 0 Å². The number of para-hydroxylation sites is 1. The average molecular weight is 278 g/mol. The summed E-state index contributed by atoms with van der Waals surface area (Å²) in [6.07, 6.45) is 0.940. The van der Waals surface area contributed by atoms with Crippen LogP contribution in [0, 0.1) is 6.92 Å². The number of nitrogens with one attached hydrogen (secondary N) is 1. The van der Waals surface area contributed by atoms with Crippen molar-refractivity contribution in [2.24, 2.45) is 0 Å². The average Bonchev–Trinajstić information content (AvgIpc) is 2.49. The number of rotatable bonds is 8. The van der Waals surface area contributed by atoms with Crippen LogP contribution in [0.4, 0.5) is 0 Å². The Balaban J connectivity index is 1.46. The molecule has 1 heterocycles. The molecular formula is C16H26N2O2. The van der Waals surface area contributed by atoms with Crippen LogP contribution in [-0.4, -0.2) is 57.4 Å². The third-order valence-electron chi connectivity index (χ3n) is 3.55. The van der Waals surface area contributed by atoms with Crippen molar-refractivity contribution in [2.45, 2.75) is 13.3 Å². The molecule has 1 N–H and O–H groups in total. The van der Waals surface area contributed by atoms with E-state index in [2.05, 4.69) is 23.2 Å². The highest BCUT2D eigenvalue weighted by Crippen LogP contribution is 2.16. The van der Waals surface area contributed by atoms with Gasteiger partial charge in [0.25, 0.3) is 0 Å². The van der Waals surface area contributed by atoms with Crippen molar-refractivity contribution in [2.75, 3.05) is 52.5 Å². The van der Waals surface area contributed by atoms with Gasteiger partial charge in [0.2, 0.25) is 0 Å². The van der Waals surface area contributed by atoms with Gasteiger partial charge in [0, 0.05) is 45.8 Å². The molecule has 0 spiro atoms. The largest absolute Gasteiger partial charge is 0.493 e. The molecule has 0 radical (unpaired) electrons. The number of benzene rings is 1. The van der Waals surface area contributed by atoms with Gasteiger partial charge in [0.15, 0.2) is 0 Å². The zero-order chi connectivity index (χ0) is 14.0. The van der Waals surface area contributed by atoms with Crippen LogP contribution >= 0.6 is 0 Å². The van der Waals surface area contributed by atoms with Crippen LogP contribution in [-0.2, 0) is 4.74 Å². The van der Waals surface area contributed by atoms with E-state index < -0.39 is 0 Å². The van der Waals surface area contributed by atoms with Crippen LogP contribution < -0.4 is 10.1 Å². The minimum atomic E-state index is 0.721. The van der Waals surface area contributed by atoms with Crippen LogP contribution in [0.1, 0.15) is 12.0 Å². The Kier molecular flexibility index (Phi) is 6.84. The molecule has 1 aromatic carbocycles. The molecule has 0 bridgehead atoms. The highest BCUT2D eigenvalue weighted by molar-refractivity contribution is 5.31. The summed E-state index contributed by atoms with van der Waals surface area (Å²) in [4.78, 5) is 2.44. The summed E-state index contributed by atoms with van der Waals surface area (Å²) < 4.78 is 11.4. The maximum Gasteiger partial charge on any atom is 0.122 e. The van der Waals surface area contributed by atoms with E-state index >= 15 is 0 Å². The number of aryl methyl sites for hydroxylation is 1. The Bertz CT molecular complexity index is 378. The van der Waals surface area contributed by atoms with E-state index in [4.69, 9.17) is 9.47 Å². The minimum Gasteiger partial charge on any atom is -0.493 e. The van der Waals surface area contributed by atoms with Gasteiger partial charge in [-0.2, -0.15) is 0 Å². The number of hydrogen-bond acceptors (Lipinski definition) is 4. The molecule has 0 aromatic heterocycles. The molecule has 1 aliphatic heterocycles. The Morgan fingerprint density at radius 3 is 2.70 bits per heavy atom. The molecule has 2 rings (SSSR count). The molecule has 20 heavy (non-hydrogen) atoms. The SMILES string of the molecule is Cc1ccccc1OCCCOCCN1CCNCC1. The van der Waals surface area contributed by atoms with E-state index in [1.54, 1.807) is 0 Å². The van der Waals surface area contributed by atoms with Gasteiger partial charge in [-0.1, -0.05) is 18.2 Å². The lowest BCUT2D eigenvalue weighted by molar-refractivity contribution is 0.0901. The van der Waals surface area contributed by atoms with Crippen LogP contribution in [0.3, 0.4) is 0 Å². The normalized spacial score (nSPS) is 16.2. The number of nitrogens with zero attached hydrogens (tertiary/aromatic N) is 1.